The van der Waals surface area contributed by atoms with Gasteiger partial charge in [-0.05, 0) is 12.5 Å². The summed E-state index contributed by atoms with van der Waals surface area (Å²) in [5, 5.41) is 51.4. The van der Waals surface area contributed by atoms with Gasteiger partial charge in [0, 0.05) is 23.8 Å². The Morgan fingerprint density at radius 2 is 1.93 bits per heavy atom. The normalized spacial score (nSPS) is 28.0. The van der Waals surface area contributed by atoms with Gasteiger partial charge < -0.3 is 40.3 Å². The second-order valence-electron chi connectivity index (χ2n) is 7.92. The maximum Gasteiger partial charge on any atom is 0.459 e. The second kappa shape index (κ2) is 7.91. The number of benzene rings is 1. The number of nitrogens with zero attached hydrogens (tertiary/aromatic N) is 1. The highest BCUT2D eigenvalue weighted by molar-refractivity contribution is 6.44. The number of aliphatic hydroxyl groups is 1. The molecule has 0 radical (unpaired) electrons. The molecule has 4 atom stereocenters. The average molecular weight is 418 g/mol. The molecule has 0 spiro atoms. The van der Waals surface area contributed by atoms with E-state index in [2.05, 4.69) is 5.32 Å². The van der Waals surface area contributed by atoms with Crippen LogP contribution >= 0.6 is 0 Å². The highest BCUT2D eigenvalue weighted by atomic mass is 16.5. The Kier molecular flexibility index (Phi) is 5.45. The van der Waals surface area contributed by atoms with Crippen LogP contribution in [0.25, 0.3) is 0 Å². The molecule has 0 bridgehead atoms. The van der Waals surface area contributed by atoms with Gasteiger partial charge in [-0.2, -0.15) is 0 Å². The van der Waals surface area contributed by atoms with Gasteiger partial charge in [0.1, 0.15) is 23.2 Å². The van der Waals surface area contributed by atoms with E-state index in [1.807, 2.05) is 0 Å². The van der Waals surface area contributed by atoms with Crippen molar-refractivity contribution in [3.05, 3.63) is 35.4 Å². The van der Waals surface area contributed by atoms with Crippen LogP contribution in [0.2, 0.25) is 5.82 Å². The molecular formula is C19H23BN2O8. The number of rotatable bonds is 6. The van der Waals surface area contributed by atoms with Crippen LogP contribution in [0.3, 0.4) is 0 Å². The summed E-state index contributed by atoms with van der Waals surface area (Å²) in [7, 11) is -1.61. The van der Waals surface area contributed by atoms with Gasteiger partial charge in [-0.15, -0.1) is 0 Å². The van der Waals surface area contributed by atoms with Crippen molar-refractivity contribution in [2.45, 2.75) is 36.4 Å². The predicted molar refractivity (Wildman–Crippen MR) is 104 cm³/mol. The summed E-state index contributed by atoms with van der Waals surface area (Å²) in [5.74, 6) is -3.13. The van der Waals surface area contributed by atoms with E-state index in [1.165, 1.54) is 12.1 Å². The van der Waals surface area contributed by atoms with Gasteiger partial charge in [-0.3, -0.25) is 4.79 Å². The predicted octanol–water partition coefficient (Wildman–Crippen LogP) is -1.10. The molecule has 11 heteroatoms. The van der Waals surface area contributed by atoms with Gasteiger partial charge in [-0.1, -0.05) is 18.2 Å². The number of aromatic carboxylic acids is 1. The number of carbonyl (C=O) groups is 2. The summed E-state index contributed by atoms with van der Waals surface area (Å²) in [4.78, 5) is 25.7. The summed E-state index contributed by atoms with van der Waals surface area (Å²) in [6, 6.07) is 2.51. The van der Waals surface area contributed by atoms with Gasteiger partial charge in [-0.25, -0.2) is 4.79 Å². The van der Waals surface area contributed by atoms with E-state index in [0.29, 0.717) is 13.0 Å². The van der Waals surface area contributed by atoms with E-state index < -0.39 is 54.4 Å². The number of nitrogens with one attached hydrogen (secondary N) is 1. The number of carboxylic acid groups (broad SMARTS) is 1. The minimum absolute atomic E-state index is 0.0142. The van der Waals surface area contributed by atoms with E-state index >= 15 is 0 Å². The molecule has 30 heavy (non-hydrogen) atoms. The Morgan fingerprint density at radius 3 is 2.47 bits per heavy atom. The van der Waals surface area contributed by atoms with Crippen molar-refractivity contribution in [3.63, 3.8) is 0 Å². The molecule has 2 heterocycles. The number of likely N-dealkylation sites (tertiary alicyclic amines) is 1. The third kappa shape index (κ3) is 3.65. The zero-order valence-corrected chi connectivity index (χ0v) is 16.0. The van der Waals surface area contributed by atoms with Gasteiger partial charge in [0.25, 0.3) is 0 Å². The van der Waals surface area contributed by atoms with Crippen LogP contribution in [0.4, 0.5) is 0 Å². The zero-order chi connectivity index (χ0) is 21.6. The lowest BCUT2D eigenvalue weighted by molar-refractivity contribution is -0.142. The maximum absolute atomic E-state index is 12.4. The fourth-order valence-corrected chi connectivity index (χ4v) is 4.11. The fourth-order valence-electron chi connectivity index (χ4n) is 4.11. The molecule has 0 aromatic heterocycles. The van der Waals surface area contributed by atoms with Crippen molar-refractivity contribution in [2.24, 2.45) is 0 Å². The Balaban J connectivity index is 1.44. The van der Waals surface area contributed by atoms with Crippen molar-refractivity contribution in [1.82, 2.24) is 10.2 Å². The molecule has 1 aliphatic carbocycles. The van der Waals surface area contributed by atoms with Crippen molar-refractivity contribution < 1.29 is 39.7 Å². The first-order chi connectivity index (χ1) is 14.3. The number of β-amino-alcohol motifs (C(OH)–C–C–N with tert-alkyl or cyclic N) is 1. The smallest absolute Gasteiger partial charge is 0.459 e. The molecule has 0 saturated carbocycles. The molecule has 2 fully saturated rings. The van der Waals surface area contributed by atoms with Crippen LogP contribution in [0.15, 0.2) is 24.3 Å². The van der Waals surface area contributed by atoms with Crippen LogP contribution < -0.4 is 10.1 Å². The minimum Gasteiger partial charge on any atom is -0.507 e. The number of ether oxygens (including phenoxy) is 1. The van der Waals surface area contributed by atoms with Gasteiger partial charge in [0.15, 0.2) is 0 Å². The first-order valence-electron chi connectivity index (χ1n) is 9.76. The number of hydrogen-bond acceptors (Lipinski definition) is 8. The van der Waals surface area contributed by atoms with Crippen molar-refractivity contribution in [2.75, 3.05) is 19.6 Å². The third-order valence-corrected chi connectivity index (χ3v) is 5.90. The van der Waals surface area contributed by atoms with E-state index in [-0.39, 0.29) is 30.3 Å². The number of phenols is 1. The van der Waals surface area contributed by atoms with Crippen LogP contribution in [-0.4, -0.2) is 87.1 Å². The number of aromatic hydroxyl groups is 1. The number of carbonyl (C=O) groups excluding carboxylic acids is 1. The number of carboxylic acids is 1. The summed E-state index contributed by atoms with van der Waals surface area (Å²) >= 11 is 0. The van der Waals surface area contributed by atoms with Crippen molar-refractivity contribution >= 4 is 19.0 Å². The Hall–Kier alpha value is -2.60. The molecule has 0 unspecified atom stereocenters. The first-order valence-corrected chi connectivity index (χ1v) is 9.76. The standard InChI is InChI=1S/C19H23BN2O8/c23-9-5-14(21-6-9)18(25)22-7-10(8-22)30-15-4-2-12(17(24)16(15)19(26)27)11-1-3-13(11)20(28)29/h1-4,9-11,13-14,21,23-24,28-29H,5-8H2,(H,26,27)/t9-,11-,13-,14-/m1/s1. The molecular weight excluding hydrogens is 395 g/mol. The van der Waals surface area contributed by atoms with E-state index in [0.717, 1.165) is 0 Å². The van der Waals surface area contributed by atoms with Crippen molar-refractivity contribution in [3.8, 4) is 11.5 Å². The number of allylic oxidation sites excluding steroid dienone is 2. The molecule has 1 aromatic carbocycles. The lowest BCUT2D eigenvalue weighted by Gasteiger charge is -2.40. The summed E-state index contributed by atoms with van der Waals surface area (Å²) < 4.78 is 5.73. The third-order valence-electron chi connectivity index (χ3n) is 5.90. The number of aliphatic hydroxyl groups excluding tert-OH is 1. The van der Waals surface area contributed by atoms with E-state index in [1.54, 1.807) is 17.1 Å². The van der Waals surface area contributed by atoms with Gasteiger partial charge in [0.05, 0.1) is 25.2 Å². The molecule has 2 saturated heterocycles. The number of hydrogen-bond donors (Lipinski definition) is 6. The van der Waals surface area contributed by atoms with E-state index in [4.69, 9.17) is 4.74 Å². The largest absolute Gasteiger partial charge is 0.507 e. The highest BCUT2D eigenvalue weighted by Gasteiger charge is 2.40. The van der Waals surface area contributed by atoms with Gasteiger partial charge in [0.2, 0.25) is 5.91 Å². The summed E-state index contributed by atoms with van der Waals surface area (Å²) in [6.07, 6.45) is 2.65. The Labute approximate surface area is 172 Å². The second-order valence-corrected chi connectivity index (χ2v) is 7.92. The minimum atomic E-state index is -1.61. The Morgan fingerprint density at radius 1 is 1.20 bits per heavy atom. The number of amides is 1. The highest BCUT2D eigenvalue weighted by Crippen LogP contribution is 2.46. The molecule has 1 aromatic rings. The zero-order valence-electron chi connectivity index (χ0n) is 16.0. The lowest BCUT2D eigenvalue weighted by Crippen LogP contribution is -2.59. The van der Waals surface area contributed by atoms with Crippen LogP contribution in [0, 0.1) is 0 Å². The van der Waals surface area contributed by atoms with Crippen molar-refractivity contribution in [1.29, 1.82) is 0 Å². The summed E-state index contributed by atoms with van der Waals surface area (Å²) in [5.41, 5.74) is -0.124. The summed E-state index contributed by atoms with van der Waals surface area (Å²) in [6.45, 7) is 0.930. The molecule has 4 rings (SSSR count). The van der Waals surface area contributed by atoms with E-state index in [9.17, 15) is 35.0 Å². The Bertz CT molecular complexity index is 886. The van der Waals surface area contributed by atoms with Gasteiger partial charge >= 0.3 is 13.1 Å². The van der Waals surface area contributed by atoms with Crippen LogP contribution in [0.5, 0.6) is 11.5 Å². The average Bonchev–Trinajstić information content (AvgIpc) is 3.04. The maximum atomic E-state index is 12.4. The fraction of sp³-hybridized carbons (Fsp3) is 0.474. The molecule has 2 aliphatic heterocycles. The monoisotopic (exact) mass is 418 g/mol. The first kappa shape index (κ1) is 20.7. The van der Waals surface area contributed by atoms with Crippen LogP contribution in [0.1, 0.15) is 28.3 Å². The SMILES string of the molecule is O=C(O)c1c(OC2CN(C(=O)[C@H]3C[C@@H](O)CN3)C2)ccc([C@H]2C=C[C@H]2B(O)O)c1O. The molecule has 3 aliphatic rings. The topological polar surface area (TPSA) is 160 Å². The molecule has 160 valence electrons. The molecule has 10 nitrogen and oxygen atoms in total. The molecule has 1 amide bonds. The quantitative estimate of drug-likeness (QED) is 0.249. The lowest BCUT2D eigenvalue weighted by atomic mass is 9.58. The van der Waals surface area contributed by atoms with Crippen LogP contribution in [-0.2, 0) is 4.79 Å². The molecule has 6 N–H and O–H groups in total.